The highest BCUT2D eigenvalue weighted by Gasteiger charge is 2.18. The number of nitrogens with one attached hydrogen (secondary N) is 1. The molecule has 0 fully saturated rings. The van der Waals surface area contributed by atoms with E-state index in [1.54, 1.807) is 31.2 Å². The van der Waals surface area contributed by atoms with E-state index in [4.69, 9.17) is 0 Å². The van der Waals surface area contributed by atoms with Crippen LogP contribution in [-0.2, 0) is 11.2 Å². The number of halogens is 2. The van der Waals surface area contributed by atoms with Gasteiger partial charge in [0.25, 0.3) is 0 Å². The van der Waals surface area contributed by atoms with Crippen LogP contribution in [0.4, 0.5) is 14.5 Å². The van der Waals surface area contributed by atoms with Crippen molar-refractivity contribution >= 4 is 11.6 Å². The fourth-order valence-corrected chi connectivity index (χ4v) is 2.16. The third-order valence-electron chi connectivity index (χ3n) is 3.80. The van der Waals surface area contributed by atoms with E-state index in [1.165, 1.54) is 24.3 Å². The van der Waals surface area contributed by atoms with Crippen LogP contribution in [-0.4, -0.2) is 30.4 Å². The first-order valence-electron chi connectivity index (χ1n) is 7.47. The summed E-state index contributed by atoms with van der Waals surface area (Å²) in [5.74, 6) is -0.845. The molecule has 0 spiro atoms. The van der Waals surface area contributed by atoms with Crippen molar-refractivity contribution in [2.24, 2.45) is 0 Å². The summed E-state index contributed by atoms with van der Waals surface area (Å²) in [5, 5.41) is 2.70. The molecular formula is C18H20F2N2O. The van der Waals surface area contributed by atoms with Crippen molar-refractivity contribution in [1.82, 2.24) is 4.90 Å². The lowest BCUT2D eigenvalue weighted by molar-refractivity contribution is -0.120. The van der Waals surface area contributed by atoms with E-state index in [0.717, 1.165) is 5.56 Å². The average Bonchev–Trinajstić information content (AvgIpc) is 2.53. The fourth-order valence-electron chi connectivity index (χ4n) is 2.16. The molecule has 1 amide bonds. The summed E-state index contributed by atoms with van der Waals surface area (Å²) in [4.78, 5) is 14.1. The monoisotopic (exact) mass is 318 g/mol. The summed E-state index contributed by atoms with van der Waals surface area (Å²) >= 11 is 0. The third-order valence-corrected chi connectivity index (χ3v) is 3.80. The van der Waals surface area contributed by atoms with Crippen LogP contribution in [0.5, 0.6) is 0 Å². The normalized spacial score (nSPS) is 12.2. The molecule has 0 aliphatic rings. The molecule has 5 heteroatoms. The van der Waals surface area contributed by atoms with Gasteiger partial charge in [-0.1, -0.05) is 18.2 Å². The summed E-state index contributed by atoms with van der Waals surface area (Å²) in [6, 6.07) is 11.8. The SMILES string of the molecule is CC(C(=O)Nc1cccc(F)c1)N(C)CCc1ccc(F)cc1. The third kappa shape index (κ3) is 5.14. The van der Waals surface area contributed by atoms with E-state index in [9.17, 15) is 13.6 Å². The number of rotatable bonds is 6. The van der Waals surface area contributed by atoms with Crippen LogP contribution >= 0.6 is 0 Å². The van der Waals surface area contributed by atoms with E-state index in [1.807, 2.05) is 11.9 Å². The first kappa shape index (κ1) is 17.1. The Balaban J connectivity index is 1.87. The zero-order chi connectivity index (χ0) is 16.8. The van der Waals surface area contributed by atoms with E-state index >= 15 is 0 Å². The molecule has 0 radical (unpaired) electrons. The number of likely N-dealkylation sites (N-methyl/N-ethyl adjacent to an activating group) is 1. The number of nitrogens with zero attached hydrogens (tertiary/aromatic N) is 1. The molecule has 1 unspecified atom stereocenters. The van der Waals surface area contributed by atoms with Crippen LogP contribution in [0.2, 0.25) is 0 Å². The maximum Gasteiger partial charge on any atom is 0.241 e. The van der Waals surface area contributed by atoms with Crippen LogP contribution in [0.25, 0.3) is 0 Å². The molecule has 0 heterocycles. The standard InChI is InChI=1S/C18H20F2N2O/c1-13(18(23)21-17-5-3-4-16(20)12-17)22(2)11-10-14-6-8-15(19)9-7-14/h3-9,12-13H,10-11H2,1-2H3,(H,21,23). The van der Waals surface area contributed by atoms with Gasteiger partial charge in [-0.25, -0.2) is 8.78 Å². The van der Waals surface area contributed by atoms with Gasteiger partial charge in [-0.15, -0.1) is 0 Å². The number of carbonyl (C=O) groups is 1. The van der Waals surface area contributed by atoms with Crippen LogP contribution < -0.4 is 5.32 Å². The molecule has 23 heavy (non-hydrogen) atoms. The fraction of sp³-hybridized carbons (Fsp3) is 0.278. The average molecular weight is 318 g/mol. The molecular weight excluding hydrogens is 298 g/mol. The second kappa shape index (κ2) is 7.83. The Morgan fingerprint density at radius 1 is 1.13 bits per heavy atom. The van der Waals surface area contributed by atoms with Crippen LogP contribution in [0, 0.1) is 11.6 Å². The molecule has 2 aromatic carbocycles. The van der Waals surface area contributed by atoms with Crippen LogP contribution in [0.3, 0.4) is 0 Å². The molecule has 0 saturated carbocycles. The molecule has 2 rings (SSSR count). The van der Waals surface area contributed by atoms with Gasteiger partial charge in [0.1, 0.15) is 11.6 Å². The van der Waals surface area contributed by atoms with Gasteiger partial charge in [0.15, 0.2) is 0 Å². The predicted octanol–water partition coefficient (Wildman–Crippen LogP) is 3.47. The van der Waals surface area contributed by atoms with Crippen LogP contribution in [0.15, 0.2) is 48.5 Å². The Morgan fingerprint density at radius 3 is 2.48 bits per heavy atom. The minimum atomic E-state index is -0.389. The van der Waals surface area contributed by atoms with E-state index in [2.05, 4.69) is 5.32 Å². The number of hydrogen-bond acceptors (Lipinski definition) is 2. The second-order valence-electron chi connectivity index (χ2n) is 5.53. The quantitative estimate of drug-likeness (QED) is 0.884. The van der Waals surface area contributed by atoms with Crippen molar-refractivity contribution in [3.63, 3.8) is 0 Å². The Labute approximate surface area is 134 Å². The Morgan fingerprint density at radius 2 is 1.83 bits per heavy atom. The number of anilines is 1. The number of hydrogen-bond donors (Lipinski definition) is 1. The zero-order valence-corrected chi connectivity index (χ0v) is 13.2. The van der Waals surface area contributed by atoms with Gasteiger partial charge in [0.05, 0.1) is 6.04 Å². The van der Waals surface area contributed by atoms with Gasteiger partial charge in [-0.2, -0.15) is 0 Å². The van der Waals surface area contributed by atoms with Crippen molar-refractivity contribution < 1.29 is 13.6 Å². The molecule has 0 aliphatic heterocycles. The van der Waals surface area contributed by atoms with Crippen molar-refractivity contribution in [3.8, 4) is 0 Å². The highest BCUT2D eigenvalue weighted by molar-refractivity contribution is 5.94. The summed E-state index contributed by atoms with van der Waals surface area (Å²) in [6.45, 7) is 2.45. The molecule has 2 aromatic rings. The number of amides is 1. The Kier molecular flexibility index (Phi) is 5.82. The molecule has 0 bridgehead atoms. The van der Waals surface area contributed by atoms with Crippen molar-refractivity contribution in [2.75, 3.05) is 18.9 Å². The van der Waals surface area contributed by atoms with Crippen molar-refractivity contribution in [3.05, 3.63) is 65.7 Å². The predicted molar refractivity (Wildman–Crippen MR) is 87.2 cm³/mol. The van der Waals surface area contributed by atoms with E-state index in [0.29, 0.717) is 18.7 Å². The second-order valence-corrected chi connectivity index (χ2v) is 5.53. The summed E-state index contributed by atoms with van der Waals surface area (Å²) < 4.78 is 26.0. The molecule has 122 valence electrons. The van der Waals surface area contributed by atoms with Gasteiger partial charge in [0.2, 0.25) is 5.91 Å². The Bertz CT molecular complexity index is 658. The lowest BCUT2D eigenvalue weighted by atomic mass is 10.1. The molecule has 3 nitrogen and oxygen atoms in total. The van der Waals surface area contributed by atoms with Crippen LogP contribution in [0.1, 0.15) is 12.5 Å². The minimum Gasteiger partial charge on any atom is -0.325 e. The summed E-state index contributed by atoms with van der Waals surface area (Å²) in [7, 11) is 1.85. The van der Waals surface area contributed by atoms with Gasteiger partial charge in [-0.3, -0.25) is 9.69 Å². The van der Waals surface area contributed by atoms with Gasteiger partial charge < -0.3 is 5.32 Å². The van der Waals surface area contributed by atoms with Gasteiger partial charge in [-0.05, 0) is 56.3 Å². The highest BCUT2D eigenvalue weighted by Crippen LogP contribution is 2.11. The van der Waals surface area contributed by atoms with E-state index in [-0.39, 0.29) is 23.6 Å². The van der Waals surface area contributed by atoms with Gasteiger partial charge >= 0.3 is 0 Å². The maximum atomic E-state index is 13.1. The zero-order valence-electron chi connectivity index (χ0n) is 13.2. The highest BCUT2D eigenvalue weighted by atomic mass is 19.1. The molecule has 1 N–H and O–H groups in total. The molecule has 0 saturated heterocycles. The lowest BCUT2D eigenvalue weighted by Crippen LogP contribution is -2.40. The van der Waals surface area contributed by atoms with E-state index < -0.39 is 0 Å². The lowest BCUT2D eigenvalue weighted by Gasteiger charge is -2.24. The molecule has 0 aliphatic carbocycles. The smallest absolute Gasteiger partial charge is 0.241 e. The summed E-state index contributed by atoms with van der Waals surface area (Å²) in [5.41, 5.74) is 1.45. The molecule has 1 atom stereocenters. The topological polar surface area (TPSA) is 32.3 Å². The number of carbonyl (C=O) groups excluding carboxylic acids is 1. The van der Waals surface area contributed by atoms with Gasteiger partial charge in [0, 0.05) is 12.2 Å². The first-order valence-corrected chi connectivity index (χ1v) is 7.47. The number of benzene rings is 2. The molecule has 0 aromatic heterocycles. The van der Waals surface area contributed by atoms with Crippen molar-refractivity contribution in [2.45, 2.75) is 19.4 Å². The minimum absolute atomic E-state index is 0.197. The summed E-state index contributed by atoms with van der Waals surface area (Å²) in [6.07, 6.45) is 0.717. The maximum absolute atomic E-state index is 13.1. The van der Waals surface area contributed by atoms with Crippen molar-refractivity contribution in [1.29, 1.82) is 0 Å². The first-order chi connectivity index (χ1) is 11.0. The largest absolute Gasteiger partial charge is 0.325 e. The Hall–Kier alpha value is -2.27.